The number of alkyl halides is 2. The Morgan fingerprint density at radius 3 is 2.58 bits per heavy atom. The van der Waals surface area contributed by atoms with Gasteiger partial charge in [0.05, 0.1) is 13.7 Å². The summed E-state index contributed by atoms with van der Waals surface area (Å²) in [6.45, 7) is 4.00. The zero-order valence-corrected chi connectivity index (χ0v) is 12.8. The summed E-state index contributed by atoms with van der Waals surface area (Å²) in [6, 6.07) is 5.62. The van der Waals surface area contributed by atoms with Crippen molar-refractivity contribution >= 4 is 15.9 Å². The molecule has 0 saturated carbocycles. The highest BCUT2D eigenvalue weighted by molar-refractivity contribution is 9.10. The Labute approximate surface area is 120 Å². The summed E-state index contributed by atoms with van der Waals surface area (Å²) in [7, 11) is 1.58. The topological polar surface area (TPSA) is 21.8 Å². The minimum absolute atomic E-state index is 0.129. The van der Waals surface area contributed by atoms with Crippen molar-refractivity contribution in [3.05, 3.63) is 28.2 Å². The molecule has 0 N–H and O–H groups in total. The maximum Gasteiger partial charge on any atom is 0.269 e. The number of hydrogen-bond acceptors (Lipinski definition) is 2. The van der Waals surface area contributed by atoms with E-state index >= 15 is 0 Å². The molecule has 0 bridgehead atoms. The second kappa shape index (κ2) is 5.02. The number of hydrogen-bond donors (Lipinski definition) is 0. The van der Waals surface area contributed by atoms with Gasteiger partial charge in [-0.1, -0.05) is 29.8 Å². The van der Waals surface area contributed by atoms with Crippen LogP contribution in [-0.4, -0.2) is 25.7 Å². The fourth-order valence-electron chi connectivity index (χ4n) is 2.45. The molecule has 1 saturated heterocycles. The zero-order chi connectivity index (χ0) is 14.3. The minimum atomic E-state index is -2.45. The van der Waals surface area contributed by atoms with Crippen LogP contribution < -0.4 is 4.74 Å². The standard InChI is InChI=1S/C14H17BrF2O2/c1-13(2,7-14(8-19-14)12(16)17)10-6-9(15)4-5-11(10)18-3/h4-6,12H,7-8H2,1-3H3. The predicted molar refractivity (Wildman–Crippen MR) is 73.0 cm³/mol. The summed E-state index contributed by atoms with van der Waals surface area (Å²) in [5, 5.41) is 0. The van der Waals surface area contributed by atoms with Gasteiger partial charge in [0, 0.05) is 10.0 Å². The van der Waals surface area contributed by atoms with Gasteiger partial charge in [0.25, 0.3) is 6.43 Å². The van der Waals surface area contributed by atoms with Gasteiger partial charge in [0.2, 0.25) is 0 Å². The number of methoxy groups -OCH3 is 1. The fraction of sp³-hybridized carbons (Fsp3) is 0.571. The Kier molecular flexibility index (Phi) is 3.89. The third-order valence-corrected chi connectivity index (χ3v) is 4.04. The molecule has 2 nitrogen and oxygen atoms in total. The number of halogens is 3. The average molecular weight is 335 g/mol. The molecule has 1 aromatic rings. The summed E-state index contributed by atoms with van der Waals surface area (Å²) < 4.78 is 37.3. The number of ether oxygens (including phenoxy) is 2. The maximum absolute atomic E-state index is 13.0. The molecule has 1 fully saturated rings. The molecule has 0 aliphatic carbocycles. The third kappa shape index (κ3) is 2.92. The molecule has 0 amide bonds. The van der Waals surface area contributed by atoms with Crippen LogP contribution in [0.2, 0.25) is 0 Å². The van der Waals surface area contributed by atoms with E-state index in [0.717, 1.165) is 10.0 Å². The van der Waals surface area contributed by atoms with Crippen molar-refractivity contribution in [1.82, 2.24) is 0 Å². The maximum atomic E-state index is 13.0. The third-order valence-electron chi connectivity index (χ3n) is 3.54. The van der Waals surface area contributed by atoms with Gasteiger partial charge in [-0.05, 0) is 30.0 Å². The van der Waals surface area contributed by atoms with E-state index in [9.17, 15) is 8.78 Å². The number of epoxide rings is 1. The van der Waals surface area contributed by atoms with Crippen LogP contribution >= 0.6 is 15.9 Å². The Morgan fingerprint density at radius 1 is 1.47 bits per heavy atom. The molecule has 5 heteroatoms. The van der Waals surface area contributed by atoms with Crippen LogP contribution in [-0.2, 0) is 10.2 Å². The molecule has 1 heterocycles. The van der Waals surface area contributed by atoms with Crippen molar-refractivity contribution in [1.29, 1.82) is 0 Å². The van der Waals surface area contributed by atoms with E-state index in [1.165, 1.54) is 0 Å². The van der Waals surface area contributed by atoms with E-state index in [0.29, 0.717) is 5.75 Å². The lowest BCUT2D eigenvalue weighted by Crippen LogP contribution is -2.32. The van der Waals surface area contributed by atoms with Gasteiger partial charge in [-0.3, -0.25) is 0 Å². The highest BCUT2D eigenvalue weighted by Gasteiger charge is 2.56. The molecule has 1 aromatic carbocycles. The Morgan fingerprint density at radius 2 is 2.11 bits per heavy atom. The number of benzene rings is 1. The van der Waals surface area contributed by atoms with Gasteiger partial charge in [-0.2, -0.15) is 0 Å². The molecule has 1 unspecified atom stereocenters. The highest BCUT2D eigenvalue weighted by Crippen LogP contribution is 2.47. The van der Waals surface area contributed by atoms with Gasteiger partial charge in [-0.25, -0.2) is 8.78 Å². The smallest absolute Gasteiger partial charge is 0.269 e. The zero-order valence-electron chi connectivity index (χ0n) is 11.2. The van der Waals surface area contributed by atoms with Gasteiger partial charge in [0.1, 0.15) is 5.75 Å². The number of rotatable bonds is 5. The van der Waals surface area contributed by atoms with Gasteiger partial charge in [-0.15, -0.1) is 0 Å². The largest absolute Gasteiger partial charge is 0.496 e. The summed E-state index contributed by atoms with van der Waals surface area (Å²) >= 11 is 3.41. The Bertz CT molecular complexity index is 471. The van der Waals surface area contributed by atoms with Crippen molar-refractivity contribution in [3.63, 3.8) is 0 Å². The lowest BCUT2D eigenvalue weighted by Gasteiger charge is -2.30. The average Bonchev–Trinajstić information content (AvgIpc) is 3.09. The first-order valence-corrected chi connectivity index (χ1v) is 6.86. The first-order valence-electron chi connectivity index (χ1n) is 6.07. The summed E-state index contributed by atoms with van der Waals surface area (Å²) in [4.78, 5) is 0. The fourth-order valence-corrected chi connectivity index (χ4v) is 2.81. The monoisotopic (exact) mass is 334 g/mol. The molecule has 1 atom stereocenters. The van der Waals surface area contributed by atoms with Crippen molar-refractivity contribution in [2.75, 3.05) is 13.7 Å². The van der Waals surface area contributed by atoms with Crippen LogP contribution in [0.15, 0.2) is 22.7 Å². The van der Waals surface area contributed by atoms with E-state index in [4.69, 9.17) is 9.47 Å². The van der Waals surface area contributed by atoms with E-state index in [2.05, 4.69) is 15.9 Å². The van der Waals surface area contributed by atoms with Crippen molar-refractivity contribution in [3.8, 4) is 5.75 Å². The van der Waals surface area contributed by atoms with Gasteiger partial charge >= 0.3 is 0 Å². The molecule has 1 aliphatic heterocycles. The van der Waals surface area contributed by atoms with Gasteiger partial charge in [0.15, 0.2) is 5.60 Å². The second-order valence-electron chi connectivity index (χ2n) is 5.56. The summed E-state index contributed by atoms with van der Waals surface area (Å²) in [5.74, 6) is 0.707. The molecular formula is C14H17BrF2O2. The van der Waals surface area contributed by atoms with E-state index in [-0.39, 0.29) is 13.0 Å². The second-order valence-corrected chi connectivity index (χ2v) is 6.48. The van der Waals surface area contributed by atoms with E-state index in [1.54, 1.807) is 7.11 Å². The van der Waals surface area contributed by atoms with Crippen LogP contribution in [0.4, 0.5) is 8.78 Å². The molecule has 0 aromatic heterocycles. The lowest BCUT2D eigenvalue weighted by molar-refractivity contribution is 0.0310. The molecular weight excluding hydrogens is 318 g/mol. The van der Waals surface area contributed by atoms with Crippen LogP contribution in [0.3, 0.4) is 0 Å². The van der Waals surface area contributed by atoms with Crippen LogP contribution in [0.5, 0.6) is 5.75 Å². The highest BCUT2D eigenvalue weighted by atomic mass is 79.9. The molecule has 1 aliphatic rings. The Balaban J connectivity index is 2.31. The molecule has 0 spiro atoms. The summed E-state index contributed by atoms with van der Waals surface area (Å²) in [6.07, 6.45) is -2.19. The predicted octanol–water partition coefficient (Wildman–Crippen LogP) is 4.16. The van der Waals surface area contributed by atoms with Crippen LogP contribution in [0.25, 0.3) is 0 Å². The minimum Gasteiger partial charge on any atom is -0.496 e. The molecule has 106 valence electrons. The first kappa shape index (κ1) is 14.7. The van der Waals surface area contributed by atoms with Crippen molar-refractivity contribution in [2.24, 2.45) is 0 Å². The van der Waals surface area contributed by atoms with Crippen LogP contribution in [0.1, 0.15) is 25.8 Å². The SMILES string of the molecule is COc1ccc(Br)cc1C(C)(C)CC1(C(F)F)CO1. The normalized spacial score (nSPS) is 22.7. The van der Waals surface area contributed by atoms with Crippen molar-refractivity contribution < 1.29 is 18.3 Å². The summed E-state index contributed by atoms with van der Waals surface area (Å²) in [5.41, 5.74) is -0.835. The van der Waals surface area contributed by atoms with Gasteiger partial charge < -0.3 is 9.47 Å². The molecule has 19 heavy (non-hydrogen) atoms. The first-order chi connectivity index (χ1) is 8.81. The quantitative estimate of drug-likeness (QED) is 0.754. The Hall–Kier alpha value is -0.680. The van der Waals surface area contributed by atoms with Crippen LogP contribution in [0, 0.1) is 0 Å². The van der Waals surface area contributed by atoms with E-state index < -0.39 is 17.4 Å². The molecule has 2 rings (SSSR count). The van der Waals surface area contributed by atoms with E-state index in [1.807, 2.05) is 32.0 Å². The lowest BCUT2D eigenvalue weighted by atomic mass is 9.76. The molecule has 0 radical (unpaired) electrons. The van der Waals surface area contributed by atoms with Crippen molar-refractivity contribution in [2.45, 2.75) is 37.7 Å².